The van der Waals surface area contributed by atoms with Crippen LogP contribution in [-0.4, -0.2) is 40.1 Å². The molecule has 26 heavy (non-hydrogen) atoms. The third-order valence-corrected chi connectivity index (χ3v) is 4.53. The van der Waals surface area contributed by atoms with Crippen LogP contribution in [0.2, 0.25) is 0 Å². The van der Waals surface area contributed by atoms with Gasteiger partial charge in [-0.3, -0.25) is 4.79 Å². The SMILES string of the molecule is Cc1nc(COc2ccccc2C(=O)N2CCCC(C(C)N)C2)no1.Cl. The average Bonchev–Trinajstić information content (AvgIpc) is 3.05. The Morgan fingerprint density at radius 2 is 2.23 bits per heavy atom. The second-order valence-corrected chi connectivity index (χ2v) is 6.53. The van der Waals surface area contributed by atoms with E-state index in [1.54, 1.807) is 19.1 Å². The second-order valence-electron chi connectivity index (χ2n) is 6.53. The van der Waals surface area contributed by atoms with Crippen molar-refractivity contribution in [3.05, 3.63) is 41.5 Å². The molecule has 2 aromatic rings. The Hall–Kier alpha value is -2.12. The smallest absolute Gasteiger partial charge is 0.257 e. The van der Waals surface area contributed by atoms with Crippen LogP contribution >= 0.6 is 12.4 Å². The molecule has 0 saturated carbocycles. The third-order valence-electron chi connectivity index (χ3n) is 4.53. The van der Waals surface area contributed by atoms with Crippen LogP contribution in [0.1, 0.15) is 41.8 Å². The zero-order valence-corrected chi connectivity index (χ0v) is 15.9. The quantitative estimate of drug-likeness (QED) is 0.856. The molecule has 142 valence electrons. The van der Waals surface area contributed by atoms with Gasteiger partial charge in [0.05, 0.1) is 5.56 Å². The van der Waals surface area contributed by atoms with E-state index in [1.807, 2.05) is 24.0 Å². The molecule has 2 unspecified atom stereocenters. The lowest BCUT2D eigenvalue weighted by Crippen LogP contribution is -2.45. The molecule has 1 amide bonds. The molecular weight excluding hydrogens is 356 g/mol. The molecule has 1 aliphatic heterocycles. The number of hydrogen-bond donors (Lipinski definition) is 1. The second kappa shape index (κ2) is 9.00. The summed E-state index contributed by atoms with van der Waals surface area (Å²) in [6.45, 7) is 5.32. The van der Waals surface area contributed by atoms with Crippen LogP contribution in [0.15, 0.2) is 28.8 Å². The molecule has 3 rings (SSSR count). The van der Waals surface area contributed by atoms with E-state index in [1.165, 1.54) is 0 Å². The summed E-state index contributed by atoms with van der Waals surface area (Å²) in [6.07, 6.45) is 2.04. The topological polar surface area (TPSA) is 94.5 Å². The van der Waals surface area contributed by atoms with Gasteiger partial charge in [0, 0.05) is 26.1 Å². The summed E-state index contributed by atoms with van der Waals surface area (Å²) in [7, 11) is 0. The van der Waals surface area contributed by atoms with Crippen molar-refractivity contribution in [3.8, 4) is 5.75 Å². The van der Waals surface area contributed by atoms with Crippen LogP contribution in [0.25, 0.3) is 0 Å². The minimum absolute atomic E-state index is 0. The number of aryl methyl sites for hydroxylation is 1. The minimum Gasteiger partial charge on any atom is -0.485 e. The van der Waals surface area contributed by atoms with E-state index in [0.29, 0.717) is 35.5 Å². The number of nitrogens with two attached hydrogens (primary N) is 1. The summed E-state index contributed by atoms with van der Waals surface area (Å²) in [4.78, 5) is 18.9. The zero-order valence-electron chi connectivity index (χ0n) is 15.1. The lowest BCUT2D eigenvalue weighted by molar-refractivity contribution is 0.0656. The van der Waals surface area contributed by atoms with Crippen molar-refractivity contribution in [2.24, 2.45) is 11.7 Å². The Balaban J connectivity index is 0.00000243. The minimum atomic E-state index is -0.0229. The molecule has 2 heterocycles. The summed E-state index contributed by atoms with van der Waals surface area (Å²) in [5.41, 5.74) is 6.58. The molecule has 1 aromatic carbocycles. The fourth-order valence-corrected chi connectivity index (χ4v) is 3.11. The Kier molecular flexibility index (Phi) is 6.99. The first-order chi connectivity index (χ1) is 12.0. The van der Waals surface area contributed by atoms with E-state index < -0.39 is 0 Å². The summed E-state index contributed by atoms with van der Waals surface area (Å²) in [5, 5.41) is 3.80. The molecule has 2 N–H and O–H groups in total. The van der Waals surface area contributed by atoms with Gasteiger partial charge in [0.2, 0.25) is 11.7 Å². The predicted octanol–water partition coefficient (Wildman–Crippen LogP) is 2.58. The van der Waals surface area contributed by atoms with Gasteiger partial charge in [0.1, 0.15) is 5.75 Å². The molecule has 1 saturated heterocycles. The van der Waals surface area contributed by atoms with Crippen molar-refractivity contribution in [1.82, 2.24) is 15.0 Å². The molecule has 0 bridgehead atoms. The number of para-hydroxylation sites is 1. The highest BCUT2D eigenvalue weighted by Crippen LogP contribution is 2.25. The van der Waals surface area contributed by atoms with Crippen molar-refractivity contribution >= 4 is 18.3 Å². The predicted molar refractivity (Wildman–Crippen MR) is 99.3 cm³/mol. The van der Waals surface area contributed by atoms with Crippen LogP contribution < -0.4 is 10.5 Å². The highest BCUT2D eigenvalue weighted by molar-refractivity contribution is 5.97. The number of rotatable bonds is 5. The number of ether oxygens (including phenoxy) is 1. The summed E-state index contributed by atoms with van der Waals surface area (Å²) < 4.78 is 10.7. The van der Waals surface area contributed by atoms with Gasteiger partial charge in [0.25, 0.3) is 5.91 Å². The van der Waals surface area contributed by atoms with Crippen LogP contribution in [0, 0.1) is 12.8 Å². The van der Waals surface area contributed by atoms with Crippen molar-refractivity contribution in [2.75, 3.05) is 13.1 Å². The third kappa shape index (κ3) is 4.74. The van der Waals surface area contributed by atoms with Gasteiger partial charge in [-0.1, -0.05) is 17.3 Å². The Labute approximate surface area is 159 Å². The van der Waals surface area contributed by atoms with Gasteiger partial charge in [-0.2, -0.15) is 4.98 Å². The number of carbonyl (C=O) groups is 1. The van der Waals surface area contributed by atoms with Crippen molar-refractivity contribution < 1.29 is 14.1 Å². The van der Waals surface area contributed by atoms with Crippen molar-refractivity contribution in [2.45, 2.75) is 39.3 Å². The number of aromatic nitrogens is 2. The summed E-state index contributed by atoms with van der Waals surface area (Å²) >= 11 is 0. The van der Waals surface area contributed by atoms with Crippen molar-refractivity contribution in [1.29, 1.82) is 0 Å². The Morgan fingerprint density at radius 1 is 1.46 bits per heavy atom. The number of carbonyl (C=O) groups excluding carboxylic acids is 1. The molecule has 1 aromatic heterocycles. The van der Waals surface area contributed by atoms with Crippen molar-refractivity contribution in [3.63, 3.8) is 0 Å². The number of benzene rings is 1. The van der Waals surface area contributed by atoms with E-state index >= 15 is 0 Å². The highest BCUT2D eigenvalue weighted by Gasteiger charge is 2.27. The number of nitrogens with zero attached hydrogens (tertiary/aromatic N) is 3. The molecule has 0 radical (unpaired) electrons. The number of piperidine rings is 1. The Bertz CT molecular complexity index is 735. The van der Waals surface area contributed by atoms with E-state index in [0.717, 1.165) is 19.4 Å². The number of hydrogen-bond acceptors (Lipinski definition) is 6. The molecule has 1 aliphatic rings. The first kappa shape index (κ1) is 20.2. The normalized spacial score (nSPS) is 18.1. The maximum atomic E-state index is 13.0. The van der Waals surface area contributed by atoms with Gasteiger partial charge >= 0.3 is 0 Å². The first-order valence-corrected chi connectivity index (χ1v) is 8.60. The van der Waals surface area contributed by atoms with Crippen LogP contribution in [0.4, 0.5) is 0 Å². The fourth-order valence-electron chi connectivity index (χ4n) is 3.11. The van der Waals surface area contributed by atoms with Gasteiger partial charge < -0.3 is 19.9 Å². The van der Waals surface area contributed by atoms with Gasteiger partial charge in [-0.05, 0) is 37.8 Å². The van der Waals surface area contributed by atoms with E-state index in [2.05, 4.69) is 10.1 Å². The first-order valence-electron chi connectivity index (χ1n) is 8.60. The van der Waals surface area contributed by atoms with Crippen LogP contribution in [0.3, 0.4) is 0 Å². The van der Waals surface area contributed by atoms with Gasteiger partial charge in [-0.15, -0.1) is 12.4 Å². The van der Waals surface area contributed by atoms with E-state index in [4.69, 9.17) is 15.0 Å². The number of likely N-dealkylation sites (tertiary alicyclic amines) is 1. The Morgan fingerprint density at radius 3 is 2.92 bits per heavy atom. The van der Waals surface area contributed by atoms with Gasteiger partial charge in [0.15, 0.2) is 6.61 Å². The maximum Gasteiger partial charge on any atom is 0.257 e. The number of halogens is 1. The zero-order chi connectivity index (χ0) is 17.8. The summed E-state index contributed by atoms with van der Waals surface area (Å²) in [6, 6.07) is 7.34. The molecular formula is C18H25ClN4O3. The molecule has 8 heteroatoms. The molecule has 1 fully saturated rings. The van der Waals surface area contributed by atoms with Crippen LogP contribution in [0.5, 0.6) is 5.75 Å². The lowest BCUT2D eigenvalue weighted by Gasteiger charge is -2.34. The summed E-state index contributed by atoms with van der Waals surface area (Å²) in [5.74, 6) is 1.78. The molecule has 2 atom stereocenters. The standard InChI is InChI=1S/C18H24N4O3.ClH/c1-12(19)14-6-5-9-22(10-14)18(23)15-7-3-4-8-16(15)24-11-17-20-13(2)25-21-17;/h3-4,7-8,12,14H,5-6,9-11,19H2,1-2H3;1H. The largest absolute Gasteiger partial charge is 0.485 e. The molecule has 0 spiro atoms. The van der Waals surface area contributed by atoms with E-state index in [-0.39, 0.29) is 31.0 Å². The highest BCUT2D eigenvalue weighted by atomic mass is 35.5. The van der Waals surface area contributed by atoms with Gasteiger partial charge in [-0.25, -0.2) is 0 Å². The maximum absolute atomic E-state index is 13.0. The van der Waals surface area contributed by atoms with E-state index in [9.17, 15) is 4.79 Å². The number of amides is 1. The van der Waals surface area contributed by atoms with Crippen LogP contribution in [-0.2, 0) is 6.61 Å². The molecule has 0 aliphatic carbocycles. The fraction of sp³-hybridized carbons (Fsp3) is 0.500. The monoisotopic (exact) mass is 380 g/mol. The lowest BCUT2D eigenvalue weighted by atomic mass is 9.92. The molecule has 7 nitrogen and oxygen atoms in total. The average molecular weight is 381 g/mol.